The first kappa shape index (κ1) is 20.8. The molecule has 1 aliphatic rings. The lowest BCUT2D eigenvalue weighted by atomic mass is 10.1. The summed E-state index contributed by atoms with van der Waals surface area (Å²) in [6.45, 7) is 1.09. The summed E-state index contributed by atoms with van der Waals surface area (Å²) in [5.74, 6) is 0.0623. The van der Waals surface area contributed by atoms with Crippen molar-refractivity contribution >= 4 is 22.5 Å². The number of fused-ring (bicyclic) bond motifs is 1. The fraction of sp³-hybridized carbons (Fsp3) is 0.333. The Morgan fingerprint density at radius 3 is 2.61 bits per heavy atom. The molecule has 2 heterocycles. The number of phenols is 1. The van der Waals surface area contributed by atoms with E-state index in [1.165, 1.54) is 10.9 Å². The van der Waals surface area contributed by atoms with Crippen LogP contribution in [0.3, 0.4) is 0 Å². The quantitative estimate of drug-likeness (QED) is 0.576. The fourth-order valence-corrected chi connectivity index (χ4v) is 3.69. The van der Waals surface area contributed by atoms with Crippen molar-refractivity contribution < 1.29 is 23.1 Å². The molecule has 3 N–H and O–H groups in total. The number of hydrogen-bond donors (Lipinski definition) is 3. The van der Waals surface area contributed by atoms with Crippen LogP contribution in [0.5, 0.6) is 5.75 Å². The van der Waals surface area contributed by atoms with Crippen molar-refractivity contribution in [3.63, 3.8) is 0 Å². The molecule has 2 aromatic carbocycles. The van der Waals surface area contributed by atoms with Crippen molar-refractivity contribution in [3.05, 3.63) is 53.9 Å². The van der Waals surface area contributed by atoms with Gasteiger partial charge in [0.15, 0.2) is 5.69 Å². The lowest BCUT2D eigenvalue weighted by Crippen LogP contribution is -2.42. The third kappa shape index (κ3) is 4.68. The van der Waals surface area contributed by atoms with Crippen LogP contribution in [0.15, 0.2) is 42.5 Å². The monoisotopic (exact) mass is 433 g/mol. The van der Waals surface area contributed by atoms with E-state index in [0.29, 0.717) is 24.2 Å². The van der Waals surface area contributed by atoms with Crippen LogP contribution in [0.4, 0.5) is 23.7 Å². The molecule has 164 valence electrons. The van der Waals surface area contributed by atoms with Crippen LogP contribution in [-0.2, 0) is 12.7 Å². The second-order valence-electron chi connectivity index (χ2n) is 7.44. The Labute approximate surface area is 176 Å². The second kappa shape index (κ2) is 8.37. The van der Waals surface area contributed by atoms with Gasteiger partial charge in [0.25, 0.3) is 0 Å². The number of piperidine rings is 1. The number of phenolic OH excluding ortho intramolecular Hbond substituents is 1. The van der Waals surface area contributed by atoms with E-state index in [1.807, 2.05) is 6.07 Å². The number of nitrogens with one attached hydrogen (secondary N) is 2. The molecule has 0 saturated carbocycles. The SMILES string of the molecule is O=C(NCc1cc(C(F)(F)F)nn1N1CCCCC1)Nc1cccc2ccc(O)cc12. The molecule has 10 heteroatoms. The third-order valence-electron chi connectivity index (χ3n) is 5.20. The van der Waals surface area contributed by atoms with E-state index in [1.54, 1.807) is 29.3 Å². The average molecular weight is 433 g/mol. The average Bonchev–Trinajstić information content (AvgIpc) is 3.18. The van der Waals surface area contributed by atoms with Crippen molar-refractivity contribution in [2.45, 2.75) is 32.0 Å². The predicted molar refractivity (Wildman–Crippen MR) is 111 cm³/mol. The van der Waals surface area contributed by atoms with E-state index in [0.717, 1.165) is 30.7 Å². The van der Waals surface area contributed by atoms with Crippen molar-refractivity contribution in [2.24, 2.45) is 0 Å². The zero-order valence-corrected chi connectivity index (χ0v) is 16.6. The van der Waals surface area contributed by atoms with Gasteiger partial charge in [-0.3, -0.25) is 5.01 Å². The highest BCUT2D eigenvalue weighted by molar-refractivity contribution is 6.02. The number of hydrogen-bond acceptors (Lipinski definition) is 4. The fourth-order valence-electron chi connectivity index (χ4n) is 3.69. The predicted octanol–water partition coefficient (Wildman–Crippen LogP) is 4.20. The molecule has 1 saturated heterocycles. The number of carbonyl (C=O) groups excluding carboxylic acids is 1. The minimum Gasteiger partial charge on any atom is -0.508 e. The van der Waals surface area contributed by atoms with E-state index in [9.17, 15) is 23.1 Å². The highest BCUT2D eigenvalue weighted by atomic mass is 19.4. The Morgan fingerprint density at radius 1 is 1.10 bits per heavy atom. The number of rotatable bonds is 4. The summed E-state index contributed by atoms with van der Waals surface area (Å²) < 4.78 is 39.6. The van der Waals surface area contributed by atoms with Gasteiger partial charge in [0.1, 0.15) is 5.75 Å². The lowest BCUT2D eigenvalue weighted by Gasteiger charge is -2.29. The van der Waals surface area contributed by atoms with E-state index >= 15 is 0 Å². The molecule has 3 aromatic rings. The molecule has 0 bridgehead atoms. The van der Waals surface area contributed by atoms with Crippen molar-refractivity contribution in [3.8, 4) is 5.75 Å². The summed E-state index contributed by atoms with van der Waals surface area (Å²) in [6, 6.07) is 10.5. The topological polar surface area (TPSA) is 82.4 Å². The van der Waals surface area contributed by atoms with Gasteiger partial charge in [0, 0.05) is 18.5 Å². The van der Waals surface area contributed by atoms with Gasteiger partial charge in [0.2, 0.25) is 0 Å². The standard InChI is InChI=1S/C21H22F3N5O2/c22-21(23,24)19-11-15(29(27-19)28-9-2-1-3-10-28)13-25-20(31)26-18-6-4-5-14-7-8-16(30)12-17(14)18/h4-8,11-12,30H,1-3,9-10,13H2,(H2,25,26,31). The summed E-state index contributed by atoms with van der Waals surface area (Å²) in [4.78, 5) is 13.7. The molecule has 0 unspecified atom stereocenters. The second-order valence-corrected chi connectivity index (χ2v) is 7.44. The first-order valence-electron chi connectivity index (χ1n) is 9.99. The zero-order valence-electron chi connectivity index (χ0n) is 16.6. The van der Waals surface area contributed by atoms with Crippen LogP contribution in [0.25, 0.3) is 10.8 Å². The van der Waals surface area contributed by atoms with Gasteiger partial charge in [-0.25, -0.2) is 4.79 Å². The van der Waals surface area contributed by atoms with Gasteiger partial charge in [-0.05, 0) is 48.9 Å². The third-order valence-corrected chi connectivity index (χ3v) is 5.20. The van der Waals surface area contributed by atoms with Crippen LogP contribution >= 0.6 is 0 Å². The minimum atomic E-state index is -4.57. The number of urea groups is 1. The largest absolute Gasteiger partial charge is 0.508 e. The highest BCUT2D eigenvalue weighted by Crippen LogP contribution is 2.29. The molecule has 0 atom stereocenters. The summed E-state index contributed by atoms with van der Waals surface area (Å²) >= 11 is 0. The summed E-state index contributed by atoms with van der Waals surface area (Å²) in [5.41, 5.74) is -0.258. The molecule has 4 rings (SSSR count). The Kier molecular flexibility index (Phi) is 5.62. The van der Waals surface area contributed by atoms with Crippen LogP contribution in [0.1, 0.15) is 30.7 Å². The molecule has 2 amide bonds. The number of benzene rings is 2. The molecule has 0 aliphatic carbocycles. The first-order chi connectivity index (χ1) is 14.8. The molecular formula is C21H22F3N5O2. The molecule has 1 fully saturated rings. The highest BCUT2D eigenvalue weighted by Gasteiger charge is 2.35. The maximum atomic E-state index is 13.2. The Bertz CT molecular complexity index is 1090. The van der Waals surface area contributed by atoms with Gasteiger partial charge < -0.3 is 15.7 Å². The summed E-state index contributed by atoms with van der Waals surface area (Å²) in [7, 11) is 0. The molecule has 7 nitrogen and oxygen atoms in total. The van der Waals surface area contributed by atoms with Crippen LogP contribution in [0, 0.1) is 0 Å². The van der Waals surface area contributed by atoms with Crippen LogP contribution < -0.4 is 15.6 Å². The minimum absolute atomic E-state index is 0.0623. The molecule has 31 heavy (non-hydrogen) atoms. The number of anilines is 1. The maximum Gasteiger partial charge on any atom is 0.435 e. The van der Waals surface area contributed by atoms with E-state index in [4.69, 9.17) is 0 Å². The van der Waals surface area contributed by atoms with Gasteiger partial charge >= 0.3 is 12.2 Å². The summed E-state index contributed by atoms with van der Waals surface area (Å²) in [6.07, 6.45) is -1.78. The molecular weight excluding hydrogens is 411 g/mol. The Morgan fingerprint density at radius 2 is 1.87 bits per heavy atom. The van der Waals surface area contributed by atoms with Crippen LogP contribution in [-0.4, -0.2) is 34.1 Å². The molecule has 1 aliphatic heterocycles. The van der Waals surface area contributed by atoms with E-state index in [-0.39, 0.29) is 18.0 Å². The first-order valence-corrected chi connectivity index (χ1v) is 9.99. The van der Waals surface area contributed by atoms with Crippen molar-refractivity contribution in [1.29, 1.82) is 0 Å². The number of carbonyl (C=O) groups is 1. The molecule has 0 spiro atoms. The number of aromatic nitrogens is 2. The Hall–Kier alpha value is -3.43. The normalized spacial score (nSPS) is 14.6. The molecule has 1 aromatic heterocycles. The lowest BCUT2D eigenvalue weighted by molar-refractivity contribution is -0.141. The molecule has 0 radical (unpaired) electrons. The van der Waals surface area contributed by atoms with Crippen LogP contribution in [0.2, 0.25) is 0 Å². The van der Waals surface area contributed by atoms with Gasteiger partial charge in [-0.1, -0.05) is 18.2 Å². The number of halogens is 3. The smallest absolute Gasteiger partial charge is 0.435 e. The number of nitrogens with zero attached hydrogens (tertiary/aromatic N) is 3. The number of alkyl halides is 3. The van der Waals surface area contributed by atoms with Gasteiger partial charge in [-0.2, -0.15) is 18.0 Å². The number of amides is 2. The van der Waals surface area contributed by atoms with Gasteiger partial charge in [-0.15, -0.1) is 5.10 Å². The zero-order chi connectivity index (χ0) is 22.0. The van der Waals surface area contributed by atoms with Crippen molar-refractivity contribution in [1.82, 2.24) is 15.2 Å². The Balaban J connectivity index is 1.50. The maximum absolute atomic E-state index is 13.2. The van der Waals surface area contributed by atoms with Crippen molar-refractivity contribution in [2.75, 3.05) is 23.4 Å². The van der Waals surface area contributed by atoms with E-state index < -0.39 is 17.9 Å². The summed E-state index contributed by atoms with van der Waals surface area (Å²) in [5, 5.41) is 22.0. The van der Waals surface area contributed by atoms with Gasteiger partial charge in [0.05, 0.1) is 17.9 Å². The van der Waals surface area contributed by atoms with E-state index in [2.05, 4.69) is 15.7 Å². The number of aromatic hydroxyl groups is 1.